The lowest BCUT2D eigenvalue weighted by Gasteiger charge is -2.32. The average molecular weight is 303 g/mol. The van der Waals surface area contributed by atoms with Crippen LogP contribution in [0.2, 0.25) is 0 Å². The van der Waals surface area contributed by atoms with E-state index in [2.05, 4.69) is 17.4 Å². The van der Waals surface area contributed by atoms with E-state index in [0.717, 1.165) is 49.3 Å². The number of hydrogen-bond acceptors (Lipinski definition) is 4. The molecule has 1 fully saturated rings. The quantitative estimate of drug-likeness (QED) is 0.829. The van der Waals surface area contributed by atoms with Gasteiger partial charge in [-0.25, -0.2) is 0 Å². The summed E-state index contributed by atoms with van der Waals surface area (Å²) in [5.74, 6) is -0.981. The molecule has 1 aromatic heterocycles. The minimum Gasteiger partial charge on any atom is -0.481 e. The van der Waals surface area contributed by atoms with Gasteiger partial charge in [0.25, 0.3) is 0 Å². The number of aliphatic carboxylic acids is 1. The molecule has 1 amide bonds. The fourth-order valence-electron chi connectivity index (χ4n) is 3.24. The van der Waals surface area contributed by atoms with Gasteiger partial charge in [-0.2, -0.15) is 0 Å². The summed E-state index contributed by atoms with van der Waals surface area (Å²) >= 11 is 0. The fraction of sp³-hybridized carbons (Fsp3) is 0.562. The van der Waals surface area contributed by atoms with Crippen molar-refractivity contribution in [1.29, 1.82) is 0 Å². The van der Waals surface area contributed by atoms with Crippen LogP contribution in [0.15, 0.2) is 12.1 Å². The average Bonchev–Trinajstić information content (AvgIpc) is 2.54. The summed E-state index contributed by atoms with van der Waals surface area (Å²) in [6.07, 6.45) is 3.43. The first-order valence-electron chi connectivity index (χ1n) is 7.87. The number of aromatic nitrogens is 1. The first-order valence-corrected chi connectivity index (χ1v) is 7.87. The maximum absolute atomic E-state index is 11.8. The SMILES string of the molecule is O=C(O)CC(=O)N1CCC(c2ccc3c(n2)CCCN3)CC1. The second-order valence-electron chi connectivity index (χ2n) is 5.99. The maximum atomic E-state index is 11.8. The molecular weight excluding hydrogens is 282 g/mol. The normalized spacial score (nSPS) is 18.5. The van der Waals surface area contributed by atoms with Gasteiger partial charge < -0.3 is 15.3 Å². The lowest BCUT2D eigenvalue weighted by molar-refractivity contribution is -0.144. The summed E-state index contributed by atoms with van der Waals surface area (Å²) < 4.78 is 0. The molecule has 2 N–H and O–H groups in total. The lowest BCUT2D eigenvalue weighted by atomic mass is 9.92. The summed E-state index contributed by atoms with van der Waals surface area (Å²) in [7, 11) is 0. The van der Waals surface area contributed by atoms with E-state index in [1.54, 1.807) is 4.90 Å². The highest BCUT2D eigenvalue weighted by Gasteiger charge is 2.26. The van der Waals surface area contributed by atoms with Crippen LogP contribution in [0.3, 0.4) is 0 Å². The molecule has 2 aliphatic rings. The molecule has 0 aromatic carbocycles. The Kier molecular flexibility index (Phi) is 4.27. The number of hydrogen-bond donors (Lipinski definition) is 2. The number of fused-ring (bicyclic) bond motifs is 1. The summed E-state index contributed by atoms with van der Waals surface area (Å²) in [5.41, 5.74) is 3.39. The van der Waals surface area contributed by atoms with Gasteiger partial charge in [0, 0.05) is 31.2 Å². The summed E-state index contributed by atoms with van der Waals surface area (Å²) in [6.45, 7) is 2.25. The van der Waals surface area contributed by atoms with Gasteiger partial charge >= 0.3 is 5.97 Å². The summed E-state index contributed by atoms with van der Waals surface area (Å²) in [5, 5.41) is 12.1. The molecule has 0 bridgehead atoms. The van der Waals surface area contributed by atoms with Crippen LogP contribution in [0, 0.1) is 0 Å². The second-order valence-corrected chi connectivity index (χ2v) is 5.99. The molecule has 0 atom stereocenters. The Labute approximate surface area is 129 Å². The van der Waals surface area contributed by atoms with Crippen molar-refractivity contribution in [2.45, 2.75) is 38.0 Å². The van der Waals surface area contributed by atoms with Crippen LogP contribution >= 0.6 is 0 Å². The molecule has 3 rings (SSSR count). The number of carboxylic acids is 1. The van der Waals surface area contributed by atoms with Crippen LogP contribution < -0.4 is 5.32 Å². The van der Waals surface area contributed by atoms with E-state index in [4.69, 9.17) is 10.1 Å². The third-order valence-electron chi connectivity index (χ3n) is 4.47. The number of nitrogens with one attached hydrogen (secondary N) is 1. The van der Waals surface area contributed by atoms with Gasteiger partial charge in [-0.1, -0.05) is 0 Å². The molecule has 0 spiro atoms. The topological polar surface area (TPSA) is 82.5 Å². The van der Waals surface area contributed by atoms with Crippen LogP contribution in [0.5, 0.6) is 0 Å². The van der Waals surface area contributed by atoms with Crippen molar-refractivity contribution in [2.75, 3.05) is 25.0 Å². The second kappa shape index (κ2) is 6.34. The van der Waals surface area contributed by atoms with Gasteiger partial charge in [-0.15, -0.1) is 0 Å². The molecule has 1 aromatic rings. The monoisotopic (exact) mass is 303 g/mol. The van der Waals surface area contributed by atoms with Crippen molar-refractivity contribution in [3.8, 4) is 0 Å². The number of piperidine rings is 1. The standard InChI is InChI=1S/C16H21N3O3/c20-15(10-16(21)22)19-8-5-11(6-9-19)12-3-4-13-14(18-12)2-1-7-17-13/h3-4,11,17H,1-2,5-10H2,(H,21,22). The number of aryl methyl sites for hydroxylation is 1. The van der Waals surface area contributed by atoms with E-state index in [1.165, 1.54) is 0 Å². The Morgan fingerprint density at radius 2 is 2.09 bits per heavy atom. The molecule has 0 aliphatic carbocycles. The van der Waals surface area contributed by atoms with E-state index in [-0.39, 0.29) is 5.91 Å². The molecule has 3 heterocycles. The molecule has 1 saturated heterocycles. The smallest absolute Gasteiger partial charge is 0.312 e. The van der Waals surface area contributed by atoms with Crippen molar-refractivity contribution < 1.29 is 14.7 Å². The Morgan fingerprint density at radius 3 is 2.82 bits per heavy atom. The number of carbonyl (C=O) groups excluding carboxylic acids is 1. The number of likely N-dealkylation sites (tertiary alicyclic amines) is 1. The van der Waals surface area contributed by atoms with Gasteiger partial charge in [0.2, 0.25) is 5.91 Å². The van der Waals surface area contributed by atoms with Crippen molar-refractivity contribution in [2.24, 2.45) is 0 Å². The molecule has 0 saturated carbocycles. The zero-order valence-electron chi connectivity index (χ0n) is 12.5. The number of pyridine rings is 1. The molecular formula is C16H21N3O3. The molecule has 6 heteroatoms. The van der Waals surface area contributed by atoms with Crippen molar-refractivity contribution >= 4 is 17.6 Å². The Morgan fingerprint density at radius 1 is 1.32 bits per heavy atom. The van der Waals surface area contributed by atoms with Gasteiger partial charge in [0.1, 0.15) is 6.42 Å². The Hall–Kier alpha value is -2.11. The highest BCUT2D eigenvalue weighted by Crippen LogP contribution is 2.29. The Bertz CT molecular complexity index is 580. The van der Waals surface area contributed by atoms with Crippen LogP contribution in [-0.2, 0) is 16.0 Å². The van der Waals surface area contributed by atoms with Gasteiger partial charge in [0.15, 0.2) is 0 Å². The number of rotatable bonds is 3. The third-order valence-corrected chi connectivity index (χ3v) is 4.47. The lowest BCUT2D eigenvalue weighted by Crippen LogP contribution is -2.39. The van der Waals surface area contributed by atoms with E-state index in [1.807, 2.05) is 0 Å². The number of amides is 1. The van der Waals surface area contributed by atoms with Gasteiger partial charge in [-0.3, -0.25) is 14.6 Å². The van der Waals surface area contributed by atoms with Gasteiger partial charge in [0.05, 0.1) is 11.4 Å². The van der Waals surface area contributed by atoms with Gasteiger partial charge in [-0.05, 0) is 37.8 Å². The van der Waals surface area contributed by atoms with E-state index < -0.39 is 12.4 Å². The zero-order valence-corrected chi connectivity index (χ0v) is 12.5. The first-order chi connectivity index (χ1) is 10.6. The largest absolute Gasteiger partial charge is 0.481 e. The minimum atomic E-state index is -1.06. The number of anilines is 1. The van der Waals surface area contributed by atoms with Crippen LogP contribution in [0.1, 0.15) is 43.0 Å². The van der Waals surface area contributed by atoms with Crippen molar-refractivity contribution in [3.05, 3.63) is 23.5 Å². The van der Waals surface area contributed by atoms with Crippen LogP contribution in [0.4, 0.5) is 5.69 Å². The fourth-order valence-corrected chi connectivity index (χ4v) is 3.24. The number of nitrogens with zero attached hydrogens (tertiary/aromatic N) is 2. The van der Waals surface area contributed by atoms with Crippen LogP contribution in [-0.4, -0.2) is 46.5 Å². The zero-order chi connectivity index (χ0) is 15.5. The molecule has 0 radical (unpaired) electrons. The first kappa shape index (κ1) is 14.8. The van der Waals surface area contributed by atoms with Crippen molar-refractivity contribution in [1.82, 2.24) is 9.88 Å². The van der Waals surface area contributed by atoms with E-state index in [9.17, 15) is 9.59 Å². The molecule has 22 heavy (non-hydrogen) atoms. The van der Waals surface area contributed by atoms with Crippen LogP contribution in [0.25, 0.3) is 0 Å². The molecule has 6 nitrogen and oxygen atoms in total. The number of carboxylic acid groups (broad SMARTS) is 1. The predicted octanol–water partition coefficient (Wildman–Crippen LogP) is 1.62. The number of carbonyl (C=O) groups is 2. The predicted molar refractivity (Wildman–Crippen MR) is 81.9 cm³/mol. The summed E-state index contributed by atoms with van der Waals surface area (Å²) in [6, 6.07) is 4.19. The highest BCUT2D eigenvalue weighted by atomic mass is 16.4. The third kappa shape index (κ3) is 3.21. The van der Waals surface area contributed by atoms with E-state index >= 15 is 0 Å². The highest BCUT2D eigenvalue weighted by molar-refractivity contribution is 5.93. The van der Waals surface area contributed by atoms with E-state index in [0.29, 0.717) is 19.0 Å². The minimum absolute atomic E-state index is 0.284. The molecule has 2 aliphatic heterocycles. The summed E-state index contributed by atoms with van der Waals surface area (Å²) in [4.78, 5) is 28.8. The molecule has 0 unspecified atom stereocenters. The Balaban J connectivity index is 1.61. The maximum Gasteiger partial charge on any atom is 0.312 e. The molecule has 118 valence electrons. The van der Waals surface area contributed by atoms with Crippen molar-refractivity contribution in [3.63, 3.8) is 0 Å².